The summed E-state index contributed by atoms with van der Waals surface area (Å²) in [6.07, 6.45) is 1.40. The number of aliphatic imine (C=N–C) groups is 1. The van der Waals surface area contributed by atoms with Gasteiger partial charge in [0.05, 0.1) is 13.0 Å². The first kappa shape index (κ1) is 10.9. The van der Waals surface area contributed by atoms with E-state index in [1.807, 2.05) is 24.3 Å². The number of amidine groups is 1. The third-order valence-corrected chi connectivity index (χ3v) is 2.76. The van der Waals surface area contributed by atoms with E-state index in [2.05, 4.69) is 17.2 Å². The van der Waals surface area contributed by atoms with Crippen LogP contribution in [0.5, 0.6) is 0 Å². The fourth-order valence-corrected chi connectivity index (χ4v) is 1.75. The predicted molar refractivity (Wildman–Crippen MR) is 65.1 cm³/mol. The van der Waals surface area contributed by atoms with Crippen molar-refractivity contribution in [1.82, 2.24) is 5.32 Å². The summed E-state index contributed by atoms with van der Waals surface area (Å²) in [5.41, 5.74) is 2.03. The van der Waals surface area contributed by atoms with Gasteiger partial charge in [0, 0.05) is 12.1 Å². The predicted octanol–water partition coefficient (Wildman–Crippen LogP) is 1.82. The van der Waals surface area contributed by atoms with Crippen molar-refractivity contribution >= 4 is 11.6 Å². The van der Waals surface area contributed by atoms with Gasteiger partial charge in [0.1, 0.15) is 5.84 Å². The zero-order chi connectivity index (χ0) is 11.4. The molecule has 0 saturated carbocycles. The molecule has 3 heteroatoms. The molecule has 1 aliphatic heterocycles. The summed E-state index contributed by atoms with van der Waals surface area (Å²) in [5, 5.41) is 3.11. The summed E-state index contributed by atoms with van der Waals surface area (Å²) >= 11 is 0. The molecule has 0 unspecified atom stereocenters. The van der Waals surface area contributed by atoms with Crippen molar-refractivity contribution in [2.24, 2.45) is 4.99 Å². The number of Topliss-reactive ketones (excluding diaryl/α,β-unsaturated/α-hetero) is 1. The van der Waals surface area contributed by atoms with Gasteiger partial charge in [-0.1, -0.05) is 31.2 Å². The summed E-state index contributed by atoms with van der Waals surface area (Å²) < 4.78 is 0. The minimum atomic E-state index is 0.135. The largest absolute Gasteiger partial charge is 0.372 e. The second-order valence-corrected chi connectivity index (χ2v) is 3.91. The van der Waals surface area contributed by atoms with Gasteiger partial charge in [0.15, 0.2) is 5.78 Å². The second-order valence-electron chi connectivity index (χ2n) is 3.91. The summed E-state index contributed by atoms with van der Waals surface area (Å²) in [6, 6.07) is 7.82. The molecule has 1 aromatic carbocycles. The van der Waals surface area contributed by atoms with E-state index < -0.39 is 0 Å². The quantitative estimate of drug-likeness (QED) is 0.780. The number of rotatable bonds is 4. The Labute approximate surface area is 95.6 Å². The lowest BCUT2D eigenvalue weighted by Gasteiger charge is -2.03. The van der Waals surface area contributed by atoms with Crippen molar-refractivity contribution in [3.63, 3.8) is 0 Å². The van der Waals surface area contributed by atoms with E-state index >= 15 is 0 Å². The lowest BCUT2D eigenvalue weighted by Crippen LogP contribution is -2.21. The van der Waals surface area contributed by atoms with Crippen LogP contribution in [0.1, 0.15) is 29.3 Å². The van der Waals surface area contributed by atoms with Gasteiger partial charge in [-0.05, 0) is 12.0 Å². The molecule has 0 amide bonds. The van der Waals surface area contributed by atoms with Crippen molar-refractivity contribution in [2.45, 2.75) is 19.8 Å². The molecule has 1 heterocycles. The SMILES string of the molecule is CCc1ccc(C(=O)CC2=NCCN2)cc1. The zero-order valence-electron chi connectivity index (χ0n) is 9.49. The maximum Gasteiger partial charge on any atom is 0.170 e. The van der Waals surface area contributed by atoms with E-state index in [1.165, 1.54) is 5.56 Å². The molecule has 0 saturated heterocycles. The Morgan fingerprint density at radius 1 is 1.38 bits per heavy atom. The van der Waals surface area contributed by atoms with Gasteiger partial charge >= 0.3 is 0 Å². The van der Waals surface area contributed by atoms with Crippen LogP contribution in [-0.2, 0) is 6.42 Å². The third kappa shape index (κ3) is 2.48. The Morgan fingerprint density at radius 2 is 2.12 bits per heavy atom. The topological polar surface area (TPSA) is 41.5 Å². The molecule has 0 spiro atoms. The first-order valence-electron chi connectivity index (χ1n) is 5.69. The Morgan fingerprint density at radius 3 is 2.69 bits per heavy atom. The summed E-state index contributed by atoms with van der Waals surface area (Å²) in [5.74, 6) is 0.959. The smallest absolute Gasteiger partial charge is 0.170 e. The third-order valence-electron chi connectivity index (χ3n) is 2.76. The van der Waals surface area contributed by atoms with Crippen molar-refractivity contribution < 1.29 is 4.79 Å². The van der Waals surface area contributed by atoms with E-state index in [-0.39, 0.29) is 5.78 Å². The van der Waals surface area contributed by atoms with E-state index in [0.29, 0.717) is 6.42 Å². The molecule has 0 atom stereocenters. The Kier molecular flexibility index (Phi) is 3.34. The normalized spacial score (nSPS) is 14.4. The van der Waals surface area contributed by atoms with E-state index in [4.69, 9.17) is 0 Å². The Balaban J connectivity index is 2.02. The van der Waals surface area contributed by atoms with Crippen LogP contribution in [0.15, 0.2) is 29.3 Å². The van der Waals surface area contributed by atoms with Crippen molar-refractivity contribution in [3.8, 4) is 0 Å². The molecule has 16 heavy (non-hydrogen) atoms. The fraction of sp³-hybridized carbons (Fsp3) is 0.385. The molecule has 0 bridgehead atoms. The van der Waals surface area contributed by atoms with Gasteiger partial charge in [-0.25, -0.2) is 0 Å². The van der Waals surface area contributed by atoms with Crippen LogP contribution in [0, 0.1) is 0 Å². The van der Waals surface area contributed by atoms with Crippen LogP contribution in [-0.4, -0.2) is 24.7 Å². The lowest BCUT2D eigenvalue weighted by molar-refractivity contribution is 0.1000. The van der Waals surface area contributed by atoms with Gasteiger partial charge < -0.3 is 5.32 Å². The maximum atomic E-state index is 11.9. The number of nitrogens with zero attached hydrogens (tertiary/aromatic N) is 1. The average molecular weight is 216 g/mol. The van der Waals surface area contributed by atoms with Crippen LogP contribution in [0.4, 0.5) is 0 Å². The summed E-state index contributed by atoms with van der Waals surface area (Å²) in [4.78, 5) is 16.1. The van der Waals surface area contributed by atoms with Crippen molar-refractivity contribution in [2.75, 3.05) is 13.1 Å². The van der Waals surface area contributed by atoms with Crippen LogP contribution in [0.3, 0.4) is 0 Å². The molecule has 0 fully saturated rings. The van der Waals surface area contributed by atoms with E-state index in [9.17, 15) is 4.79 Å². The molecular weight excluding hydrogens is 200 g/mol. The minimum Gasteiger partial charge on any atom is -0.372 e. The van der Waals surface area contributed by atoms with Crippen LogP contribution < -0.4 is 5.32 Å². The highest BCUT2D eigenvalue weighted by molar-refractivity contribution is 6.09. The molecule has 0 aliphatic carbocycles. The molecule has 1 aromatic rings. The van der Waals surface area contributed by atoms with E-state index in [1.54, 1.807) is 0 Å². The Hall–Kier alpha value is -1.64. The van der Waals surface area contributed by atoms with Crippen LogP contribution >= 0.6 is 0 Å². The molecule has 0 radical (unpaired) electrons. The number of carbonyl (C=O) groups excluding carboxylic acids is 1. The minimum absolute atomic E-state index is 0.135. The summed E-state index contributed by atoms with van der Waals surface area (Å²) in [6.45, 7) is 3.75. The van der Waals surface area contributed by atoms with Gasteiger partial charge in [-0.15, -0.1) is 0 Å². The number of hydrogen-bond acceptors (Lipinski definition) is 3. The average Bonchev–Trinajstić information content (AvgIpc) is 2.82. The number of carbonyl (C=O) groups is 1. The number of ketones is 1. The number of hydrogen-bond donors (Lipinski definition) is 1. The number of aryl methyl sites for hydroxylation is 1. The highest BCUT2D eigenvalue weighted by Crippen LogP contribution is 2.08. The maximum absolute atomic E-state index is 11.9. The monoisotopic (exact) mass is 216 g/mol. The molecule has 0 aromatic heterocycles. The molecule has 1 aliphatic rings. The second kappa shape index (κ2) is 4.92. The van der Waals surface area contributed by atoms with Crippen LogP contribution in [0.25, 0.3) is 0 Å². The number of nitrogens with one attached hydrogen (secondary N) is 1. The van der Waals surface area contributed by atoms with Crippen molar-refractivity contribution in [3.05, 3.63) is 35.4 Å². The highest BCUT2D eigenvalue weighted by atomic mass is 16.1. The van der Waals surface area contributed by atoms with E-state index in [0.717, 1.165) is 30.9 Å². The lowest BCUT2D eigenvalue weighted by atomic mass is 10.0. The number of benzene rings is 1. The molecule has 3 nitrogen and oxygen atoms in total. The molecule has 2 rings (SSSR count). The van der Waals surface area contributed by atoms with Gasteiger partial charge in [0.25, 0.3) is 0 Å². The van der Waals surface area contributed by atoms with Crippen molar-refractivity contribution in [1.29, 1.82) is 0 Å². The van der Waals surface area contributed by atoms with Gasteiger partial charge in [-0.2, -0.15) is 0 Å². The first-order chi connectivity index (χ1) is 7.79. The molecular formula is C13H16N2O. The standard InChI is InChI=1S/C13H16N2O/c1-2-10-3-5-11(6-4-10)12(16)9-13-14-7-8-15-13/h3-6H,2,7-9H2,1H3,(H,14,15). The highest BCUT2D eigenvalue weighted by Gasteiger charge is 2.12. The van der Waals surface area contributed by atoms with Gasteiger partial charge in [0.2, 0.25) is 0 Å². The molecule has 84 valence electrons. The Bertz CT molecular complexity index is 406. The first-order valence-corrected chi connectivity index (χ1v) is 5.69. The van der Waals surface area contributed by atoms with Crippen LogP contribution in [0.2, 0.25) is 0 Å². The summed E-state index contributed by atoms with van der Waals surface area (Å²) in [7, 11) is 0. The van der Waals surface area contributed by atoms with Gasteiger partial charge in [-0.3, -0.25) is 9.79 Å². The fourth-order valence-electron chi connectivity index (χ4n) is 1.75. The molecule has 1 N–H and O–H groups in total. The zero-order valence-corrected chi connectivity index (χ0v) is 9.49.